The second kappa shape index (κ2) is 6.92. The molecule has 0 spiro atoms. The molecule has 0 aliphatic carbocycles. The average molecular weight is 372 g/mol. The second-order valence-corrected chi connectivity index (χ2v) is 7.25. The van der Waals surface area contributed by atoms with Crippen molar-refractivity contribution in [2.75, 3.05) is 7.11 Å². The molecule has 2 heterocycles. The van der Waals surface area contributed by atoms with Gasteiger partial charge in [0.2, 0.25) is 0 Å². The Morgan fingerprint density at radius 3 is 2.73 bits per heavy atom. The van der Waals surface area contributed by atoms with Crippen LogP contribution in [0.3, 0.4) is 0 Å². The molecule has 7 heteroatoms. The highest BCUT2D eigenvalue weighted by atomic mass is 32.1. The number of fused-ring (bicyclic) bond motifs is 1. The summed E-state index contributed by atoms with van der Waals surface area (Å²) in [5.41, 5.74) is 1.32. The first-order chi connectivity index (χ1) is 12.4. The Hall–Kier alpha value is -2.67. The summed E-state index contributed by atoms with van der Waals surface area (Å²) in [6.45, 7) is 5.36. The van der Waals surface area contributed by atoms with Crippen LogP contribution in [0.2, 0.25) is 0 Å². The van der Waals surface area contributed by atoms with Gasteiger partial charge in [-0.05, 0) is 38.0 Å². The number of thiophene rings is 1. The lowest BCUT2D eigenvalue weighted by Gasteiger charge is -2.16. The lowest BCUT2D eigenvalue weighted by atomic mass is 10.0. The van der Waals surface area contributed by atoms with E-state index >= 15 is 0 Å². The number of aryl methyl sites for hydroxylation is 2. The van der Waals surface area contributed by atoms with Gasteiger partial charge in [0.1, 0.15) is 22.4 Å². The van der Waals surface area contributed by atoms with E-state index in [-0.39, 0.29) is 5.56 Å². The molecular weight excluding hydrogens is 352 g/mol. The summed E-state index contributed by atoms with van der Waals surface area (Å²) >= 11 is 1.44. The smallest absolute Gasteiger partial charge is 0.326 e. The second-order valence-electron chi connectivity index (χ2n) is 6.04. The highest BCUT2D eigenvalue weighted by Gasteiger charge is 2.25. The zero-order valence-corrected chi connectivity index (χ0v) is 15.9. The Bertz CT molecular complexity index is 1050. The third-order valence-electron chi connectivity index (χ3n) is 4.45. The van der Waals surface area contributed by atoms with Gasteiger partial charge < -0.3 is 9.84 Å². The zero-order valence-electron chi connectivity index (χ0n) is 15.1. The minimum absolute atomic E-state index is 0.306. The summed E-state index contributed by atoms with van der Waals surface area (Å²) in [7, 11) is 1.59. The molecule has 3 aromatic rings. The molecule has 26 heavy (non-hydrogen) atoms. The first-order valence-corrected chi connectivity index (χ1v) is 9.10. The minimum atomic E-state index is -1.03. The van der Waals surface area contributed by atoms with E-state index in [1.54, 1.807) is 21.0 Å². The summed E-state index contributed by atoms with van der Waals surface area (Å²) < 4.78 is 6.58. The van der Waals surface area contributed by atoms with Crippen molar-refractivity contribution in [3.63, 3.8) is 0 Å². The quantitative estimate of drug-likeness (QED) is 0.737. The van der Waals surface area contributed by atoms with Gasteiger partial charge in [-0.1, -0.05) is 19.1 Å². The molecular formula is C19H20N2O4S. The van der Waals surface area contributed by atoms with Crippen LogP contribution >= 0.6 is 11.3 Å². The standard InChI is InChI=1S/C19H20N2O4S/c1-5-14(19(23)24)21-11(3)20-17-16(18(21)22)15(10(2)26-17)12-7-6-8-13(9-12)25-4/h6-9,14H,5H2,1-4H3,(H,23,24). The van der Waals surface area contributed by atoms with E-state index < -0.39 is 12.0 Å². The molecule has 0 fully saturated rings. The van der Waals surface area contributed by atoms with Gasteiger partial charge in [-0.25, -0.2) is 9.78 Å². The summed E-state index contributed by atoms with van der Waals surface area (Å²) in [5, 5.41) is 9.97. The van der Waals surface area contributed by atoms with Crippen LogP contribution in [0.1, 0.15) is 30.1 Å². The third-order valence-corrected chi connectivity index (χ3v) is 5.45. The van der Waals surface area contributed by atoms with Crippen molar-refractivity contribution in [1.82, 2.24) is 9.55 Å². The third kappa shape index (κ3) is 2.88. The summed E-state index contributed by atoms with van der Waals surface area (Å²) in [6, 6.07) is 6.55. The number of ether oxygens (including phenoxy) is 1. The van der Waals surface area contributed by atoms with E-state index in [9.17, 15) is 14.7 Å². The van der Waals surface area contributed by atoms with Crippen molar-refractivity contribution in [2.45, 2.75) is 33.2 Å². The van der Waals surface area contributed by atoms with Crippen LogP contribution in [-0.4, -0.2) is 27.7 Å². The lowest BCUT2D eigenvalue weighted by molar-refractivity contribution is -0.141. The predicted octanol–water partition coefficient (Wildman–Crippen LogP) is 3.79. The van der Waals surface area contributed by atoms with Crippen LogP contribution in [0.15, 0.2) is 29.1 Å². The predicted molar refractivity (Wildman–Crippen MR) is 102 cm³/mol. The SMILES string of the molecule is CCC(C(=O)O)n1c(C)nc2sc(C)c(-c3cccc(OC)c3)c2c1=O. The van der Waals surface area contributed by atoms with Gasteiger partial charge in [-0.3, -0.25) is 9.36 Å². The molecule has 1 atom stereocenters. The molecule has 2 aromatic heterocycles. The van der Waals surface area contributed by atoms with Crippen LogP contribution in [0, 0.1) is 13.8 Å². The maximum atomic E-state index is 13.3. The zero-order chi connectivity index (χ0) is 19.0. The van der Waals surface area contributed by atoms with Crippen LogP contribution in [0.25, 0.3) is 21.3 Å². The fourth-order valence-electron chi connectivity index (χ4n) is 3.24. The van der Waals surface area contributed by atoms with Crippen LogP contribution in [0.5, 0.6) is 5.75 Å². The van der Waals surface area contributed by atoms with Crippen molar-refractivity contribution in [2.24, 2.45) is 0 Å². The summed E-state index contributed by atoms with van der Waals surface area (Å²) in [4.78, 5) is 31.0. The van der Waals surface area contributed by atoms with Gasteiger partial charge in [0.15, 0.2) is 0 Å². The fraction of sp³-hybridized carbons (Fsp3) is 0.316. The number of hydrogen-bond donors (Lipinski definition) is 1. The Morgan fingerprint density at radius 1 is 1.38 bits per heavy atom. The number of methoxy groups -OCH3 is 1. The van der Waals surface area contributed by atoms with Crippen molar-refractivity contribution in [3.8, 4) is 16.9 Å². The maximum absolute atomic E-state index is 13.3. The van der Waals surface area contributed by atoms with Gasteiger partial charge in [-0.15, -0.1) is 11.3 Å². The summed E-state index contributed by atoms with van der Waals surface area (Å²) in [6.07, 6.45) is 0.306. The van der Waals surface area contributed by atoms with E-state index in [1.807, 2.05) is 31.2 Å². The molecule has 0 bridgehead atoms. The van der Waals surface area contributed by atoms with E-state index in [2.05, 4.69) is 4.98 Å². The number of rotatable bonds is 5. The number of carbonyl (C=O) groups is 1. The highest BCUT2D eigenvalue weighted by Crippen LogP contribution is 2.37. The molecule has 3 rings (SSSR count). The van der Waals surface area contributed by atoms with Crippen molar-refractivity contribution >= 4 is 27.5 Å². The van der Waals surface area contributed by atoms with E-state index in [0.29, 0.717) is 28.2 Å². The van der Waals surface area contributed by atoms with Gasteiger partial charge >= 0.3 is 5.97 Å². The highest BCUT2D eigenvalue weighted by molar-refractivity contribution is 7.19. The molecule has 136 valence electrons. The van der Waals surface area contributed by atoms with Crippen molar-refractivity contribution in [3.05, 3.63) is 45.3 Å². The van der Waals surface area contributed by atoms with Gasteiger partial charge in [0.25, 0.3) is 5.56 Å². The molecule has 0 amide bonds. The number of carboxylic acids is 1. The number of aromatic nitrogens is 2. The Labute approximate surface area is 154 Å². The molecule has 0 saturated carbocycles. The molecule has 1 unspecified atom stereocenters. The number of carboxylic acid groups (broad SMARTS) is 1. The normalized spacial score (nSPS) is 12.3. The van der Waals surface area contributed by atoms with Crippen LogP contribution in [0.4, 0.5) is 0 Å². The molecule has 1 aromatic carbocycles. The molecule has 0 saturated heterocycles. The average Bonchev–Trinajstić information content (AvgIpc) is 2.94. The Balaban J connectivity index is 2.37. The molecule has 0 aliphatic heterocycles. The maximum Gasteiger partial charge on any atom is 0.326 e. The molecule has 1 N–H and O–H groups in total. The minimum Gasteiger partial charge on any atom is -0.497 e. The monoisotopic (exact) mass is 372 g/mol. The van der Waals surface area contributed by atoms with Gasteiger partial charge in [-0.2, -0.15) is 0 Å². The number of hydrogen-bond acceptors (Lipinski definition) is 5. The molecule has 0 radical (unpaired) electrons. The van der Waals surface area contributed by atoms with Crippen molar-refractivity contribution in [1.29, 1.82) is 0 Å². The number of nitrogens with zero attached hydrogens (tertiary/aromatic N) is 2. The Kier molecular flexibility index (Phi) is 4.82. The first kappa shape index (κ1) is 18.1. The van der Waals surface area contributed by atoms with E-state index in [1.165, 1.54) is 15.9 Å². The largest absolute Gasteiger partial charge is 0.497 e. The number of benzene rings is 1. The van der Waals surface area contributed by atoms with Gasteiger partial charge in [0, 0.05) is 10.4 Å². The van der Waals surface area contributed by atoms with Crippen LogP contribution in [-0.2, 0) is 4.79 Å². The summed E-state index contributed by atoms with van der Waals surface area (Å²) in [5.74, 6) is 0.0718. The van der Waals surface area contributed by atoms with Crippen LogP contribution < -0.4 is 10.3 Å². The lowest BCUT2D eigenvalue weighted by Crippen LogP contribution is -2.32. The number of aliphatic carboxylic acids is 1. The van der Waals surface area contributed by atoms with Crippen molar-refractivity contribution < 1.29 is 14.6 Å². The topological polar surface area (TPSA) is 81.4 Å². The first-order valence-electron chi connectivity index (χ1n) is 8.28. The van der Waals surface area contributed by atoms with E-state index in [4.69, 9.17) is 4.74 Å². The molecule has 6 nitrogen and oxygen atoms in total. The fourth-order valence-corrected chi connectivity index (χ4v) is 4.32. The molecule has 0 aliphatic rings. The van der Waals surface area contributed by atoms with E-state index in [0.717, 1.165) is 16.0 Å². The Morgan fingerprint density at radius 2 is 2.12 bits per heavy atom. The van der Waals surface area contributed by atoms with Gasteiger partial charge in [0.05, 0.1) is 12.5 Å².